The van der Waals surface area contributed by atoms with Gasteiger partial charge in [0.1, 0.15) is 6.54 Å². The first kappa shape index (κ1) is 21.1. The Balaban J connectivity index is 1.91. The first-order chi connectivity index (χ1) is 14.3. The third kappa shape index (κ3) is 4.67. The maximum absolute atomic E-state index is 13.0. The Morgan fingerprint density at radius 3 is 2.40 bits per heavy atom. The van der Waals surface area contributed by atoms with E-state index in [0.29, 0.717) is 16.8 Å². The molecule has 0 saturated carbocycles. The zero-order chi connectivity index (χ0) is 21.8. The highest BCUT2D eigenvalue weighted by Crippen LogP contribution is 2.26. The summed E-state index contributed by atoms with van der Waals surface area (Å²) in [4.78, 5) is 38.9. The number of hydrogen-bond donors (Lipinski definition) is 2. The second-order valence-electron chi connectivity index (χ2n) is 7.22. The average molecular weight is 405 g/mol. The molecule has 0 bridgehead atoms. The smallest absolute Gasteiger partial charge is 0.305 e. The average Bonchev–Trinajstić information content (AvgIpc) is 2.81. The standard InChI is InChI=1S/C23H23N3O4/c1-15(24)18-8-5-16(6-9-18)3-4-17-7-10-20-19(13-17)23(30)26(12-11-22(28)29)14-21(27)25(20)2/h5-10,13,15H,11-12,14,24H2,1-2H3,(H,28,29). The van der Waals surface area contributed by atoms with Crippen LogP contribution in [0.5, 0.6) is 0 Å². The van der Waals surface area contributed by atoms with Gasteiger partial charge in [-0.3, -0.25) is 14.4 Å². The van der Waals surface area contributed by atoms with E-state index in [1.165, 1.54) is 9.80 Å². The number of amides is 2. The number of hydrogen-bond acceptors (Lipinski definition) is 4. The Morgan fingerprint density at radius 2 is 1.77 bits per heavy atom. The molecule has 1 heterocycles. The molecule has 0 saturated heterocycles. The minimum Gasteiger partial charge on any atom is -0.481 e. The van der Waals surface area contributed by atoms with E-state index < -0.39 is 5.97 Å². The highest BCUT2D eigenvalue weighted by molar-refractivity contribution is 6.09. The quantitative estimate of drug-likeness (QED) is 0.757. The molecule has 0 radical (unpaired) electrons. The van der Waals surface area contributed by atoms with Crippen LogP contribution in [0.25, 0.3) is 0 Å². The van der Waals surface area contributed by atoms with Crippen molar-refractivity contribution in [2.45, 2.75) is 19.4 Å². The van der Waals surface area contributed by atoms with Crippen LogP contribution < -0.4 is 10.6 Å². The van der Waals surface area contributed by atoms with Crippen LogP contribution in [0.3, 0.4) is 0 Å². The highest BCUT2D eigenvalue weighted by Gasteiger charge is 2.30. The Bertz CT molecular complexity index is 1050. The van der Waals surface area contributed by atoms with Crippen molar-refractivity contribution >= 4 is 23.5 Å². The number of carbonyl (C=O) groups is 3. The summed E-state index contributed by atoms with van der Waals surface area (Å²) in [5.41, 5.74) is 9.12. The van der Waals surface area contributed by atoms with Gasteiger partial charge in [-0.2, -0.15) is 0 Å². The second-order valence-corrected chi connectivity index (χ2v) is 7.22. The van der Waals surface area contributed by atoms with E-state index in [9.17, 15) is 14.4 Å². The third-order valence-corrected chi connectivity index (χ3v) is 4.96. The van der Waals surface area contributed by atoms with Crippen molar-refractivity contribution in [2.75, 3.05) is 25.0 Å². The van der Waals surface area contributed by atoms with Crippen LogP contribution in [0.15, 0.2) is 42.5 Å². The zero-order valence-electron chi connectivity index (χ0n) is 16.9. The molecule has 0 fully saturated rings. The van der Waals surface area contributed by atoms with E-state index in [-0.39, 0.29) is 37.4 Å². The van der Waals surface area contributed by atoms with Crippen molar-refractivity contribution < 1.29 is 19.5 Å². The van der Waals surface area contributed by atoms with Crippen LogP contribution >= 0.6 is 0 Å². The molecular formula is C23H23N3O4. The Hall–Kier alpha value is -3.63. The Labute approximate surface area is 175 Å². The van der Waals surface area contributed by atoms with Crippen molar-refractivity contribution in [2.24, 2.45) is 5.73 Å². The third-order valence-electron chi connectivity index (χ3n) is 4.96. The van der Waals surface area contributed by atoms with Crippen LogP contribution in [0, 0.1) is 11.8 Å². The van der Waals surface area contributed by atoms with Gasteiger partial charge in [0.15, 0.2) is 0 Å². The summed E-state index contributed by atoms with van der Waals surface area (Å²) in [6.07, 6.45) is -0.227. The summed E-state index contributed by atoms with van der Waals surface area (Å²) in [5, 5.41) is 8.93. The summed E-state index contributed by atoms with van der Waals surface area (Å²) in [6.45, 7) is 1.72. The van der Waals surface area contributed by atoms with E-state index in [4.69, 9.17) is 10.8 Å². The van der Waals surface area contributed by atoms with Crippen LogP contribution in [0.2, 0.25) is 0 Å². The monoisotopic (exact) mass is 405 g/mol. The predicted molar refractivity (Wildman–Crippen MR) is 113 cm³/mol. The Morgan fingerprint density at radius 1 is 1.13 bits per heavy atom. The lowest BCUT2D eigenvalue weighted by atomic mass is 10.1. The lowest BCUT2D eigenvalue weighted by molar-refractivity contribution is -0.137. The lowest BCUT2D eigenvalue weighted by Crippen LogP contribution is -2.38. The molecule has 7 nitrogen and oxygen atoms in total. The second kappa shape index (κ2) is 8.80. The van der Waals surface area contributed by atoms with Gasteiger partial charge in [-0.25, -0.2) is 0 Å². The number of aliphatic carboxylic acids is 1. The van der Waals surface area contributed by atoms with Gasteiger partial charge < -0.3 is 20.6 Å². The van der Waals surface area contributed by atoms with E-state index in [1.54, 1.807) is 25.2 Å². The fourth-order valence-corrected chi connectivity index (χ4v) is 3.15. The summed E-state index contributed by atoms with van der Waals surface area (Å²) in [6, 6.07) is 12.7. The summed E-state index contributed by atoms with van der Waals surface area (Å²) in [5.74, 6) is 4.42. The van der Waals surface area contributed by atoms with E-state index in [0.717, 1.165) is 11.1 Å². The molecule has 154 valence electrons. The van der Waals surface area contributed by atoms with Crippen LogP contribution in [-0.2, 0) is 9.59 Å². The zero-order valence-corrected chi connectivity index (χ0v) is 16.9. The number of carboxylic acid groups (broad SMARTS) is 1. The maximum atomic E-state index is 13.0. The first-order valence-electron chi connectivity index (χ1n) is 9.55. The van der Waals surface area contributed by atoms with Crippen LogP contribution in [0.4, 0.5) is 5.69 Å². The molecule has 1 aliphatic heterocycles. The molecule has 0 aromatic heterocycles. The number of likely N-dealkylation sites (N-methyl/N-ethyl adjacent to an activating group) is 1. The number of carbonyl (C=O) groups excluding carboxylic acids is 2. The molecule has 2 amide bonds. The number of nitrogens with zero attached hydrogens (tertiary/aromatic N) is 2. The van der Waals surface area contributed by atoms with Crippen molar-refractivity contribution in [3.05, 3.63) is 64.7 Å². The number of benzene rings is 2. The minimum absolute atomic E-state index is 0.0327. The van der Waals surface area contributed by atoms with Gasteiger partial charge in [0.2, 0.25) is 5.91 Å². The fourth-order valence-electron chi connectivity index (χ4n) is 3.15. The highest BCUT2D eigenvalue weighted by atomic mass is 16.4. The van der Waals surface area contributed by atoms with Crippen molar-refractivity contribution in [1.82, 2.24) is 4.90 Å². The number of carboxylic acids is 1. The van der Waals surface area contributed by atoms with Gasteiger partial charge in [-0.15, -0.1) is 0 Å². The SMILES string of the molecule is CC(N)c1ccc(C#Cc2ccc3c(c2)C(=O)N(CCC(=O)O)CC(=O)N3C)cc1. The van der Waals surface area contributed by atoms with Crippen molar-refractivity contribution in [3.63, 3.8) is 0 Å². The summed E-state index contributed by atoms with van der Waals surface area (Å²) >= 11 is 0. The van der Waals surface area contributed by atoms with Crippen LogP contribution in [-0.4, -0.2) is 47.9 Å². The summed E-state index contributed by atoms with van der Waals surface area (Å²) < 4.78 is 0. The number of nitrogens with two attached hydrogens (primary N) is 1. The lowest BCUT2D eigenvalue weighted by Gasteiger charge is -2.18. The van der Waals surface area contributed by atoms with Crippen LogP contribution in [0.1, 0.15) is 46.4 Å². The molecule has 1 atom stereocenters. The molecule has 3 N–H and O–H groups in total. The Kier molecular flexibility index (Phi) is 6.19. The normalized spacial score (nSPS) is 14.5. The first-order valence-corrected chi connectivity index (χ1v) is 9.55. The number of rotatable bonds is 4. The number of fused-ring (bicyclic) bond motifs is 1. The fraction of sp³-hybridized carbons (Fsp3) is 0.261. The van der Waals surface area contributed by atoms with Crippen molar-refractivity contribution in [3.8, 4) is 11.8 Å². The molecule has 1 unspecified atom stereocenters. The molecule has 2 aromatic rings. The number of anilines is 1. The molecule has 30 heavy (non-hydrogen) atoms. The molecule has 2 aromatic carbocycles. The maximum Gasteiger partial charge on any atom is 0.305 e. The largest absolute Gasteiger partial charge is 0.481 e. The van der Waals surface area contributed by atoms with Gasteiger partial charge in [-0.1, -0.05) is 24.0 Å². The van der Waals surface area contributed by atoms with E-state index in [1.807, 2.05) is 31.2 Å². The minimum atomic E-state index is -1.03. The molecule has 7 heteroatoms. The van der Waals surface area contributed by atoms with Gasteiger partial charge in [0.25, 0.3) is 5.91 Å². The van der Waals surface area contributed by atoms with Gasteiger partial charge >= 0.3 is 5.97 Å². The molecular weight excluding hydrogens is 382 g/mol. The molecule has 0 aliphatic carbocycles. The molecule has 1 aliphatic rings. The molecule has 0 spiro atoms. The van der Waals surface area contributed by atoms with E-state index >= 15 is 0 Å². The van der Waals surface area contributed by atoms with Gasteiger partial charge in [0.05, 0.1) is 17.7 Å². The van der Waals surface area contributed by atoms with E-state index in [2.05, 4.69) is 11.8 Å². The van der Waals surface area contributed by atoms with Gasteiger partial charge in [-0.05, 0) is 42.8 Å². The topological polar surface area (TPSA) is 104 Å². The summed E-state index contributed by atoms with van der Waals surface area (Å²) in [7, 11) is 1.60. The molecule has 3 rings (SSSR count). The van der Waals surface area contributed by atoms with Crippen molar-refractivity contribution in [1.29, 1.82) is 0 Å². The van der Waals surface area contributed by atoms with Gasteiger partial charge in [0, 0.05) is 30.8 Å². The predicted octanol–water partition coefficient (Wildman–Crippen LogP) is 2.00.